The van der Waals surface area contributed by atoms with Crippen molar-refractivity contribution in [3.63, 3.8) is 0 Å². The number of carbonyl (C=O) groups excluding carboxylic acids is 1. The number of oxime groups is 1. The summed E-state index contributed by atoms with van der Waals surface area (Å²) in [5.41, 5.74) is 1.67. The zero-order valence-electron chi connectivity index (χ0n) is 16.6. The summed E-state index contributed by atoms with van der Waals surface area (Å²) in [5, 5.41) is 9.38. The van der Waals surface area contributed by atoms with E-state index in [1.54, 1.807) is 0 Å². The van der Waals surface area contributed by atoms with E-state index in [-0.39, 0.29) is 12.0 Å². The lowest BCUT2D eigenvalue weighted by Gasteiger charge is -2.10. The highest BCUT2D eigenvalue weighted by molar-refractivity contribution is 6.39. The number of nitrogens with one attached hydrogen (secondary N) is 1. The smallest absolute Gasteiger partial charge is 0.269 e. The van der Waals surface area contributed by atoms with Crippen LogP contribution in [0.15, 0.2) is 47.6 Å². The highest BCUT2D eigenvalue weighted by Crippen LogP contribution is 2.18. The number of hydrogen-bond acceptors (Lipinski definition) is 5. The number of carbonyl (C=O) groups is 1. The van der Waals surface area contributed by atoms with Crippen molar-refractivity contribution in [3.05, 3.63) is 48.0 Å². The molecule has 1 saturated heterocycles. The Labute approximate surface area is 171 Å². The van der Waals surface area contributed by atoms with E-state index in [4.69, 9.17) is 14.3 Å². The van der Waals surface area contributed by atoms with E-state index >= 15 is 0 Å². The first-order valence-electron chi connectivity index (χ1n) is 10.4. The number of rotatable bonds is 9. The molecule has 2 aliphatic rings. The molecular formula is C23H28N2O4. The van der Waals surface area contributed by atoms with Gasteiger partial charge in [0.05, 0.1) is 13.2 Å². The fourth-order valence-corrected chi connectivity index (χ4v) is 3.73. The van der Waals surface area contributed by atoms with Gasteiger partial charge in [-0.3, -0.25) is 4.79 Å². The van der Waals surface area contributed by atoms with E-state index in [9.17, 15) is 4.79 Å². The number of fused-ring (bicyclic) bond motifs is 1. The highest BCUT2D eigenvalue weighted by atomic mass is 16.6. The van der Waals surface area contributed by atoms with Crippen molar-refractivity contribution >= 4 is 22.4 Å². The van der Waals surface area contributed by atoms with Gasteiger partial charge in [0.15, 0.2) is 0 Å². The van der Waals surface area contributed by atoms with Gasteiger partial charge >= 0.3 is 0 Å². The number of ether oxygens (including phenoxy) is 2. The second-order valence-corrected chi connectivity index (χ2v) is 7.79. The monoisotopic (exact) mass is 396 g/mol. The van der Waals surface area contributed by atoms with Gasteiger partial charge in [-0.05, 0) is 41.7 Å². The molecule has 0 spiro atoms. The number of nitrogens with zero attached hydrogens (tertiary/aromatic N) is 1. The quantitative estimate of drug-likeness (QED) is 0.660. The Hall–Kier alpha value is -2.44. The average Bonchev–Trinajstić information content (AvgIpc) is 3.44. The fourth-order valence-electron chi connectivity index (χ4n) is 3.73. The molecule has 2 aliphatic heterocycles. The maximum Gasteiger partial charge on any atom is 0.269 e. The zero-order chi connectivity index (χ0) is 19.9. The van der Waals surface area contributed by atoms with E-state index in [0.717, 1.165) is 32.5 Å². The maximum atomic E-state index is 12.2. The molecule has 29 heavy (non-hydrogen) atoms. The number of amides is 1. The van der Waals surface area contributed by atoms with Gasteiger partial charge in [0.2, 0.25) is 0 Å². The molecule has 2 heterocycles. The molecule has 2 unspecified atom stereocenters. The van der Waals surface area contributed by atoms with Gasteiger partial charge in [0.1, 0.15) is 11.8 Å². The van der Waals surface area contributed by atoms with Crippen LogP contribution in [0.2, 0.25) is 0 Å². The van der Waals surface area contributed by atoms with Crippen molar-refractivity contribution in [2.24, 2.45) is 11.1 Å². The molecule has 0 radical (unpaired) electrons. The Morgan fingerprint density at radius 1 is 1.21 bits per heavy atom. The van der Waals surface area contributed by atoms with Gasteiger partial charge in [-0.1, -0.05) is 41.6 Å². The average molecular weight is 396 g/mol. The molecule has 1 fully saturated rings. The van der Waals surface area contributed by atoms with Gasteiger partial charge in [-0.25, -0.2) is 0 Å². The van der Waals surface area contributed by atoms with Crippen molar-refractivity contribution in [2.75, 3.05) is 26.4 Å². The van der Waals surface area contributed by atoms with E-state index in [2.05, 4.69) is 40.8 Å². The van der Waals surface area contributed by atoms with Gasteiger partial charge in [0.25, 0.3) is 5.91 Å². The molecule has 0 aliphatic carbocycles. The minimum Gasteiger partial charge on any atom is -0.392 e. The Bertz CT molecular complexity index is 861. The van der Waals surface area contributed by atoms with E-state index in [0.29, 0.717) is 37.8 Å². The van der Waals surface area contributed by atoms with Crippen molar-refractivity contribution in [1.82, 2.24) is 5.32 Å². The van der Waals surface area contributed by atoms with Crippen LogP contribution < -0.4 is 5.32 Å². The van der Waals surface area contributed by atoms with Crippen molar-refractivity contribution < 1.29 is 19.1 Å². The van der Waals surface area contributed by atoms with Gasteiger partial charge in [-0.2, -0.15) is 0 Å². The molecular weight excluding hydrogens is 368 g/mol. The molecule has 1 N–H and O–H groups in total. The van der Waals surface area contributed by atoms with Crippen LogP contribution in [0.1, 0.15) is 31.2 Å². The van der Waals surface area contributed by atoms with Crippen LogP contribution >= 0.6 is 0 Å². The Morgan fingerprint density at radius 2 is 2.10 bits per heavy atom. The van der Waals surface area contributed by atoms with Crippen LogP contribution in [-0.4, -0.2) is 44.1 Å². The molecule has 2 atom stereocenters. The highest BCUT2D eigenvalue weighted by Gasteiger charge is 2.26. The zero-order valence-corrected chi connectivity index (χ0v) is 16.6. The largest absolute Gasteiger partial charge is 0.392 e. The predicted molar refractivity (Wildman–Crippen MR) is 112 cm³/mol. The van der Waals surface area contributed by atoms with E-state index in [1.165, 1.54) is 16.3 Å². The third-order valence-electron chi connectivity index (χ3n) is 5.47. The summed E-state index contributed by atoms with van der Waals surface area (Å²) in [6.45, 7) is 3.42. The Kier molecular flexibility index (Phi) is 6.75. The van der Waals surface area contributed by atoms with Gasteiger partial charge in [-0.15, -0.1) is 0 Å². The first-order valence-corrected chi connectivity index (χ1v) is 10.4. The summed E-state index contributed by atoms with van der Waals surface area (Å²) in [5.74, 6) is 0.296. The molecule has 4 rings (SSSR count). The first-order chi connectivity index (χ1) is 14.3. The molecule has 154 valence electrons. The van der Waals surface area contributed by atoms with Crippen LogP contribution in [-0.2, 0) is 25.7 Å². The molecule has 2 aromatic rings. The lowest BCUT2D eigenvalue weighted by Crippen LogP contribution is -2.34. The van der Waals surface area contributed by atoms with Crippen LogP contribution in [0.3, 0.4) is 0 Å². The summed E-state index contributed by atoms with van der Waals surface area (Å²) in [6, 6.07) is 14.7. The number of benzene rings is 2. The Balaban J connectivity index is 1.10. The topological polar surface area (TPSA) is 69.2 Å². The summed E-state index contributed by atoms with van der Waals surface area (Å²) in [6.07, 6.45) is 3.24. The minimum absolute atomic E-state index is 0.0326. The summed E-state index contributed by atoms with van der Waals surface area (Å²) < 4.78 is 11.1. The lowest BCUT2D eigenvalue weighted by atomic mass is 10.1. The molecule has 0 bridgehead atoms. The fraction of sp³-hybridized carbons (Fsp3) is 0.478. The van der Waals surface area contributed by atoms with Crippen LogP contribution in [0.25, 0.3) is 10.8 Å². The summed E-state index contributed by atoms with van der Waals surface area (Å²) in [4.78, 5) is 17.6. The summed E-state index contributed by atoms with van der Waals surface area (Å²) in [7, 11) is 0. The number of hydrogen-bond donors (Lipinski definition) is 1. The molecule has 2 aromatic carbocycles. The van der Waals surface area contributed by atoms with Crippen LogP contribution in [0.5, 0.6) is 0 Å². The third kappa shape index (κ3) is 5.55. The molecule has 1 amide bonds. The molecule has 0 saturated carbocycles. The van der Waals surface area contributed by atoms with Gasteiger partial charge < -0.3 is 19.6 Å². The predicted octanol–water partition coefficient (Wildman–Crippen LogP) is 3.43. The first kappa shape index (κ1) is 19.9. The molecule has 0 aromatic heterocycles. The molecule has 6 heteroatoms. The van der Waals surface area contributed by atoms with Crippen LogP contribution in [0, 0.1) is 5.92 Å². The maximum absolute atomic E-state index is 12.2. The second-order valence-electron chi connectivity index (χ2n) is 7.79. The Morgan fingerprint density at radius 3 is 2.97 bits per heavy atom. The van der Waals surface area contributed by atoms with E-state index in [1.807, 2.05) is 12.1 Å². The van der Waals surface area contributed by atoms with Gasteiger partial charge in [0, 0.05) is 32.1 Å². The van der Waals surface area contributed by atoms with Crippen molar-refractivity contribution in [1.29, 1.82) is 0 Å². The van der Waals surface area contributed by atoms with Crippen molar-refractivity contribution in [3.8, 4) is 0 Å². The third-order valence-corrected chi connectivity index (χ3v) is 5.47. The van der Waals surface area contributed by atoms with Crippen LogP contribution in [0.4, 0.5) is 0 Å². The molecule has 6 nitrogen and oxygen atoms in total. The summed E-state index contributed by atoms with van der Waals surface area (Å²) >= 11 is 0. The van der Waals surface area contributed by atoms with E-state index < -0.39 is 0 Å². The van der Waals surface area contributed by atoms with Crippen molar-refractivity contribution in [2.45, 2.75) is 38.4 Å². The minimum atomic E-state index is -0.119. The second kappa shape index (κ2) is 9.85. The standard InChI is InChI=1S/C23H28N2O4/c26-23(24-14-18-9-11-28-16-18)22-13-21(29-25-22)6-3-10-27-15-17-7-8-19-4-1-2-5-20(19)12-17/h1-2,4-5,7-8,12,18,21H,3,6,9-11,13-16H2,(H,24,26). The normalized spacial score (nSPS) is 21.2. The lowest BCUT2D eigenvalue weighted by molar-refractivity contribution is -0.115. The SMILES string of the molecule is O=C(NCC1CCOC1)C1=NOC(CCCOCc2ccc3ccccc3c2)C1.